The van der Waals surface area contributed by atoms with Crippen molar-refractivity contribution in [2.45, 2.75) is 39.2 Å². The van der Waals surface area contributed by atoms with Gasteiger partial charge in [0.1, 0.15) is 5.71 Å². The number of likely N-dealkylation sites (tertiary alicyclic amines) is 1. The summed E-state index contributed by atoms with van der Waals surface area (Å²) >= 11 is 0. The van der Waals surface area contributed by atoms with Gasteiger partial charge in [-0.1, -0.05) is 30.3 Å². The van der Waals surface area contributed by atoms with Gasteiger partial charge in [-0.25, -0.2) is 5.01 Å². The van der Waals surface area contributed by atoms with Crippen LogP contribution in [0.2, 0.25) is 0 Å². The number of carbonyl (C=O) groups excluding carboxylic acids is 2. The lowest BCUT2D eigenvalue weighted by molar-refractivity contribution is -0.123. The largest absolute Gasteiger partial charge is 0.380 e. The van der Waals surface area contributed by atoms with Crippen molar-refractivity contribution >= 4 is 28.9 Å². The summed E-state index contributed by atoms with van der Waals surface area (Å²) in [5.74, 6) is -0.134. The molecule has 2 aromatic rings. The first kappa shape index (κ1) is 19.2. The Labute approximate surface area is 171 Å². The van der Waals surface area contributed by atoms with Crippen molar-refractivity contribution in [3.8, 4) is 0 Å². The number of amides is 2. The number of nitrogens with one attached hydrogen (secondary N) is 1. The molecule has 4 rings (SSSR count). The van der Waals surface area contributed by atoms with Crippen LogP contribution in [0.15, 0.2) is 53.6 Å². The van der Waals surface area contributed by atoms with E-state index >= 15 is 0 Å². The van der Waals surface area contributed by atoms with Crippen LogP contribution in [0.3, 0.4) is 0 Å². The van der Waals surface area contributed by atoms with Crippen LogP contribution in [0, 0.1) is 13.8 Å². The van der Waals surface area contributed by atoms with Gasteiger partial charge in [0.2, 0.25) is 5.91 Å². The first-order valence-corrected chi connectivity index (χ1v) is 10.1. The van der Waals surface area contributed by atoms with Crippen LogP contribution in [-0.2, 0) is 9.59 Å². The average molecular weight is 390 g/mol. The summed E-state index contributed by atoms with van der Waals surface area (Å²) in [6, 6.07) is 16.2. The van der Waals surface area contributed by atoms with E-state index in [1.165, 1.54) is 5.01 Å². The first-order valence-electron chi connectivity index (χ1n) is 10.1. The fraction of sp³-hybridized carbons (Fsp3) is 0.348. The molecule has 2 aliphatic heterocycles. The molecular weight excluding hydrogens is 364 g/mol. The lowest BCUT2D eigenvalue weighted by Crippen LogP contribution is -2.41. The Hall–Kier alpha value is -3.15. The highest BCUT2D eigenvalue weighted by Crippen LogP contribution is 2.26. The number of benzene rings is 2. The minimum atomic E-state index is -0.0692. The smallest absolute Gasteiger partial charge is 0.270 e. The number of hydrogen-bond donors (Lipinski definition) is 1. The van der Waals surface area contributed by atoms with Gasteiger partial charge in [-0.15, -0.1) is 0 Å². The van der Waals surface area contributed by atoms with E-state index in [0.29, 0.717) is 31.6 Å². The van der Waals surface area contributed by atoms with Gasteiger partial charge >= 0.3 is 0 Å². The fourth-order valence-electron chi connectivity index (χ4n) is 3.86. The van der Waals surface area contributed by atoms with Crippen molar-refractivity contribution in [2.75, 3.05) is 23.4 Å². The van der Waals surface area contributed by atoms with Gasteiger partial charge in [-0.05, 0) is 49.6 Å². The van der Waals surface area contributed by atoms with Gasteiger partial charge in [0.25, 0.3) is 5.91 Å². The second-order valence-electron chi connectivity index (χ2n) is 7.79. The molecule has 1 atom stereocenters. The third kappa shape index (κ3) is 4.16. The number of hydrazone groups is 1. The Balaban J connectivity index is 1.48. The van der Waals surface area contributed by atoms with Crippen LogP contribution in [-0.4, -0.2) is 41.6 Å². The van der Waals surface area contributed by atoms with E-state index in [1.54, 1.807) is 0 Å². The number of rotatable bonds is 4. The average Bonchev–Trinajstić information content (AvgIpc) is 3.19. The molecule has 2 aliphatic rings. The quantitative estimate of drug-likeness (QED) is 0.869. The summed E-state index contributed by atoms with van der Waals surface area (Å²) in [6.07, 6.45) is 1.59. The van der Waals surface area contributed by atoms with Crippen molar-refractivity contribution in [1.29, 1.82) is 0 Å². The molecule has 0 bridgehead atoms. The van der Waals surface area contributed by atoms with Crippen molar-refractivity contribution in [2.24, 2.45) is 5.10 Å². The fourth-order valence-corrected chi connectivity index (χ4v) is 3.86. The molecule has 6 nitrogen and oxygen atoms in total. The van der Waals surface area contributed by atoms with Crippen LogP contribution >= 0.6 is 0 Å². The van der Waals surface area contributed by atoms with Crippen molar-refractivity contribution in [3.05, 3.63) is 59.7 Å². The van der Waals surface area contributed by atoms with Crippen molar-refractivity contribution < 1.29 is 9.59 Å². The van der Waals surface area contributed by atoms with E-state index in [0.717, 1.165) is 28.9 Å². The number of nitrogens with zero attached hydrogens (tertiary/aromatic N) is 3. The van der Waals surface area contributed by atoms with Crippen LogP contribution in [0.1, 0.15) is 30.4 Å². The molecular formula is C23H26N4O2. The van der Waals surface area contributed by atoms with Gasteiger partial charge in [0, 0.05) is 37.7 Å². The summed E-state index contributed by atoms with van der Waals surface area (Å²) in [4.78, 5) is 27.4. The Kier molecular flexibility index (Phi) is 5.34. The summed E-state index contributed by atoms with van der Waals surface area (Å²) in [7, 11) is 0. The van der Waals surface area contributed by atoms with E-state index < -0.39 is 0 Å². The maximum absolute atomic E-state index is 13.1. The molecule has 2 amide bonds. The second-order valence-corrected chi connectivity index (χ2v) is 7.79. The second kappa shape index (κ2) is 8.07. The van der Waals surface area contributed by atoms with E-state index in [-0.39, 0.29) is 17.9 Å². The molecule has 0 aliphatic carbocycles. The molecule has 0 radical (unpaired) electrons. The van der Waals surface area contributed by atoms with Gasteiger partial charge in [-0.2, -0.15) is 5.10 Å². The molecule has 6 heteroatoms. The molecule has 2 heterocycles. The Bertz CT molecular complexity index is 955. The predicted molar refractivity (Wildman–Crippen MR) is 115 cm³/mol. The van der Waals surface area contributed by atoms with Gasteiger partial charge in [0.05, 0.1) is 5.69 Å². The number of hydrogen-bond acceptors (Lipinski definition) is 4. The molecule has 1 unspecified atom stereocenters. The van der Waals surface area contributed by atoms with Gasteiger partial charge in [0.15, 0.2) is 0 Å². The minimum absolute atomic E-state index is 0.0647. The zero-order valence-electron chi connectivity index (χ0n) is 16.9. The van der Waals surface area contributed by atoms with E-state index in [4.69, 9.17) is 0 Å². The molecule has 1 N–H and O–H groups in total. The Morgan fingerprint density at radius 3 is 2.69 bits per heavy atom. The molecule has 0 aromatic heterocycles. The van der Waals surface area contributed by atoms with Crippen LogP contribution in [0.4, 0.5) is 11.4 Å². The highest BCUT2D eigenvalue weighted by Gasteiger charge is 2.32. The van der Waals surface area contributed by atoms with Crippen LogP contribution in [0.25, 0.3) is 0 Å². The Morgan fingerprint density at radius 1 is 1.10 bits per heavy atom. The standard InChI is InChI=1S/C23H26N4O2/c1-16-8-9-17(2)21(14-16)27-22(28)11-10-20(25-27)23(29)26-13-12-19(15-26)24-18-6-4-3-5-7-18/h3-9,14,19,24H,10-13,15H2,1-2H3. The summed E-state index contributed by atoms with van der Waals surface area (Å²) in [5, 5.41) is 9.37. The molecule has 1 fully saturated rings. The maximum Gasteiger partial charge on any atom is 0.270 e. The number of anilines is 2. The SMILES string of the molecule is Cc1ccc(C)c(N2N=C(C(=O)N3CCC(Nc4ccccc4)C3)CCC2=O)c1. The minimum Gasteiger partial charge on any atom is -0.380 e. The molecule has 29 heavy (non-hydrogen) atoms. The summed E-state index contributed by atoms with van der Waals surface area (Å²) in [6.45, 7) is 5.27. The molecule has 2 aromatic carbocycles. The monoisotopic (exact) mass is 390 g/mol. The highest BCUT2D eigenvalue weighted by molar-refractivity contribution is 6.40. The maximum atomic E-state index is 13.1. The van der Waals surface area contributed by atoms with Crippen LogP contribution < -0.4 is 10.3 Å². The molecule has 0 spiro atoms. The normalized spacial score (nSPS) is 19.3. The van der Waals surface area contributed by atoms with E-state index in [9.17, 15) is 9.59 Å². The molecule has 0 saturated carbocycles. The summed E-state index contributed by atoms with van der Waals surface area (Å²) in [5.41, 5.74) is 4.31. The number of carbonyl (C=O) groups is 2. The van der Waals surface area contributed by atoms with Crippen molar-refractivity contribution in [3.63, 3.8) is 0 Å². The van der Waals surface area contributed by atoms with Crippen LogP contribution in [0.5, 0.6) is 0 Å². The molecule has 150 valence electrons. The number of para-hydroxylation sites is 1. The Morgan fingerprint density at radius 2 is 1.90 bits per heavy atom. The van der Waals surface area contributed by atoms with Gasteiger partial charge < -0.3 is 10.2 Å². The van der Waals surface area contributed by atoms with E-state index in [1.807, 2.05) is 67.3 Å². The zero-order chi connectivity index (χ0) is 20.4. The lowest BCUT2D eigenvalue weighted by Gasteiger charge is -2.26. The summed E-state index contributed by atoms with van der Waals surface area (Å²) < 4.78 is 0. The molecule has 1 saturated heterocycles. The zero-order valence-corrected chi connectivity index (χ0v) is 16.9. The van der Waals surface area contributed by atoms with Crippen molar-refractivity contribution in [1.82, 2.24) is 4.90 Å². The lowest BCUT2D eigenvalue weighted by atomic mass is 10.1. The third-order valence-corrected chi connectivity index (χ3v) is 5.49. The topological polar surface area (TPSA) is 65.0 Å². The predicted octanol–water partition coefficient (Wildman–Crippen LogP) is 3.50. The third-order valence-electron chi connectivity index (χ3n) is 5.49. The number of aryl methyl sites for hydroxylation is 2. The van der Waals surface area contributed by atoms with Gasteiger partial charge in [-0.3, -0.25) is 9.59 Å². The van der Waals surface area contributed by atoms with E-state index in [2.05, 4.69) is 10.4 Å². The highest BCUT2D eigenvalue weighted by atomic mass is 16.2. The first-order chi connectivity index (χ1) is 14.0.